The van der Waals surface area contributed by atoms with Gasteiger partial charge < -0.3 is 10.6 Å². The van der Waals surface area contributed by atoms with Gasteiger partial charge in [0.15, 0.2) is 5.96 Å². The molecule has 2 rings (SSSR count). The van der Waals surface area contributed by atoms with E-state index in [9.17, 15) is 0 Å². The Labute approximate surface area is 142 Å². The summed E-state index contributed by atoms with van der Waals surface area (Å²) in [5.41, 5.74) is 1.29. The minimum Gasteiger partial charge on any atom is -0.357 e. The van der Waals surface area contributed by atoms with E-state index in [-0.39, 0.29) is 0 Å². The molecule has 124 valence electrons. The highest BCUT2D eigenvalue weighted by Gasteiger charge is 2.01. The molecule has 0 amide bonds. The van der Waals surface area contributed by atoms with Crippen molar-refractivity contribution in [3.8, 4) is 0 Å². The Balaban J connectivity index is 1.77. The van der Waals surface area contributed by atoms with Gasteiger partial charge >= 0.3 is 0 Å². The zero-order chi connectivity index (χ0) is 16.5. The van der Waals surface area contributed by atoms with Crippen molar-refractivity contribution in [3.05, 3.63) is 47.0 Å². The predicted octanol–water partition coefficient (Wildman–Crippen LogP) is 2.16. The van der Waals surface area contributed by atoms with Crippen LogP contribution in [0.1, 0.15) is 24.7 Å². The molecule has 0 unspecified atom stereocenters. The first-order valence-electron chi connectivity index (χ1n) is 7.78. The Kier molecular flexibility index (Phi) is 6.87. The van der Waals surface area contributed by atoms with E-state index in [0.717, 1.165) is 42.7 Å². The molecule has 1 heterocycles. The van der Waals surface area contributed by atoms with Crippen LogP contribution in [-0.4, -0.2) is 33.8 Å². The van der Waals surface area contributed by atoms with Crippen molar-refractivity contribution in [1.29, 1.82) is 0 Å². The maximum absolute atomic E-state index is 5.89. The summed E-state index contributed by atoms with van der Waals surface area (Å²) >= 11 is 5.89. The second-order valence-electron chi connectivity index (χ2n) is 5.15. The van der Waals surface area contributed by atoms with Gasteiger partial charge in [-0.05, 0) is 37.5 Å². The van der Waals surface area contributed by atoms with Gasteiger partial charge in [0.1, 0.15) is 18.7 Å². The van der Waals surface area contributed by atoms with E-state index in [1.165, 1.54) is 11.9 Å². The normalized spacial score (nSPS) is 11.5. The van der Waals surface area contributed by atoms with Gasteiger partial charge in [-0.15, -0.1) is 0 Å². The number of aromatic nitrogens is 3. The van der Waals surface area contributed by atoms with Crippen LogP contribution in [0, 0.1) is 0 Å². The van der Waals surface area contributed by atoms with E-state index in [1.54, 1.807) is 4.68 Å². The van der Waals surface area contributed by atoms with Crippen molar-refractivity contribution in [2.75, 3.05) is 13.1 Å². The number of nitrogens with zero attached hydrogens (tertiary/aromatic N) is 4. The van der Waals surface area contributed by atoms with Crippen LogP contribution in [0.5, 0.6) is 0 Å². The van der Waals surface area contributed by atoms with Crippen LogP contribution in [0.4, 0.5) is 0 Å². The minimum atomic E-state index is 0.503. The molecule has 0 fully saturated rings. The molecule has 7 heteroatoms. The van der Waals surface area contributed by atoms with Crippen LogP contribution in [0.2, 0.25) is 5.02 Å². The first-order chi connectivity index (χ1) is 11.2. The number of nitrogens with one attached hydrogen (secondary N) is 2. The molecule has 0 aliphatic rings. The zero-order valence-electron chi connectivity index (χ0n) is 13.6. The van der Waals surface area contributed by atoms with Crippen LogP contribution in [0.25, 0.3) is 0 Å². The van der Waals surface area contributed by atoms with E-state index in [4.69, 9.17) is 11.6 Å². The zero-order valence-corrected chi connectivity index (χ0v) is 14.3. The summed E-state index contributed by atoms with van der Waals surface area (Å²) in [6, 6.07) is 7.98. The molecule has 2 aromatic rings. The monoisotopic (exact) mass is 334 g/mol. The largest absolute Gasteiger partial charge is 0.357 e. The van der Waals surface area contributed by atoms with Gasteiger partial charge in [-0.25, -0.2) is 9.98 Å². The fourth-order valence-corrected chi connectivity index (χ4v) is 2.23. The van der Waals surface area contributed by atoms with E-state index in [0.29, 0.717) is 6.54 Å². The highest BCUT2D eigenvalue weighted by molar-refractivity contribution is 6.30. The number of guanidine groups is 1. The minimum absolute atomic E-state index is 0.503. The van der Waals surface area contributed by atoms with Crippen LogP contribution in [-0.2, 0) is 20.0 Å². The molecular weight excluding hydrogens is 312 g/mol. The summed E-state index contributed by atoms with van der Waals surface area (Å²) in [5.74, 6) is 1.63. The lowest BCUT2D eigenvalue weighted by atomic mass is 10.1. The molecule has 1 aromatic heterocycles. The molecule has 0 aliphatic carbocycles. The number of hydrogen-bond acceptors (Lipinski definition) is 3. The van der Waals surface area contributed by atoms with Crippen molar-refractivity contribution in [1.82, 2.24) is 25.4 Å². The van der Waals surface area contributed by atoms with Crippen molar-refractivity contribution in [2.45, 2.75) is 26.3 Å². The summed E-state index contributed by atoms with van der Waals surface area (Å²) in [4.78, 5) is 8.70. The molecule has 0 saturated heterocycles. The number of rotatable bonds is 7. The summed E-state index contributed by atoms with van der Waals surface area (Å²) in [6.07, 6.45) is 3.57. The number of aliphatic imine (C=N–C) groups is 1. The lowest BCUT2D eigenvalue weighted by Gasteiger charge is -2.11. The van der Waals surface area contributed by atoms with E-state index >= 15 is 0 Å². The highest BCUT2D eigenvalue weighted by Crippen LogP contribution is 2.10. The van der Waals surface area contributed by atoms with E-state index < -0.39 is 0 Å². The summed E-state index contributed by atoms with van der Waals surface area (Å²) in [6.45, 7) is 4.23. The number of benzene rings is 1. The number of halogens is 1. The second kappa shape index (κ2) is 9.15. The van der Waals surface area contributed by atoms with Crippen molar-refractivity contribution in [3.63, 3.8) is 0 Å². The molecular formula is C16H23ClN6. The van der Waals surface area contributed by atoms with Crippen molar-refractivity contribution >= 4 is 17.6 Å². The fraction of sp³-hybridized carbons (Fsp3) is 0.438. The standard InChI is InChI=1S/C16H23ClN6/c1-3-18-16(20-11-15-21-12-22-23(15)2)19-10-4-5-13-6-8-14(17)9-7-13/h6-9,12H,3-5,10-11H2,1-2H3,(H2,18,19,20). The smallest absolute Gasteiger partial charge is 0.191 e. The number of hydrogen-bond donors (Lipinski definition) is 2. The Morgan fingerprint density at radius 3 is 2.70 bits per heavy atom. The summed E-state index contributed by atoms with van der Waals surface area (Å²) < 4.78 is 1.73. The Morgan fingerprint density at radius 1 is 1.26 bits per heavy atom. The SMILES string of the molecule is CCNC(=NCc1ncnn1C)NCCCc1ccc(Cl)cc1. The molecule has 0 atom stereocenters. The quantitative estimate of drug-likeness (QED) is 0.462. The molecule has 0 bridgehead atoms. The number of aryl methyl sites for hydroxylation is 2. The highest BCUT2D eigenvalue weighted by atomic mass is 35.5. The maximum atomic E-state index is 5.89. The first-order valence-corrected chi connectivity index (χ1v) is 8.16. The molecule has 0 saturated carbocycles. The third-order valence-corrected chi connectivity index (χ3v) is 3.63. The molecule has 0 aliphatic heterocycles. The average Bonchev–Trinajstić information content (AvgIpc) is 2.96. The second-order valence-corrected chi connectivity index (χ2v) is 5.59. The predicted molar refractivity (Wildman–Crippen MR) is 93.6 cm³/mol. The average molecular weight is 335 g/mol. The molecule has 6 nitrogen and oxygen atoms in total. The summed E-state index contributed by atoms with van der Waals surface area (Å²) in [7, 11) is 1.87. The maximum Gasteiger partial charge on any atom is 0.191 e. The lowest BCUT2D eigenvalue weighted by Crippen LogP contribution is -2.38. The third-order valence-electron chi connectivity index (χ3n) is 3.38. The lowest BCUT2D eigenvalue weighted by molar-refractivity contribution is 0.694. The Hall–Kier alpha value is -2.08. The van der Waals surface area contributed by atoms with Crippen LogP contribution in [0.15, 0.2) is 35.6 Å². The molecule has 0 spiro atoms. The fourth-order valence-electron chi connectivity index (χ4n) is 2.11. The molecule has 0 radical (unpaired) electrons. The van der Waals surface area contributed by atoms with Crippen molar-refractivity contribution < 1.29 is 0 Å². The Bertz CT molecular complexity index is 620. The van der Waals surface area contributed by atoms with E-state index in [1.807, 2.05) is 26.1 Å². The van der Waals surface area contributed by atoms with Crippen LogP contribution in [0.3, 0.4) is 0 Å². The van der Waals surface area contributed by atoms with Gasteiger partial charge in [-0.1, -0.05) is 23.7 Å². The third kappa shape index (κ3) is 5.90. The van der Waals surface area contributed by atoms with Gasteiger partial charge in [-0.2, -0.15) is 5.10 Å². The van der Waals surface area contributed by atoms with Gasteiger partial charge in [0, 0.05) is 25.2 Å². The Morgan fingerprint density at radius 2 is 2.04 bits per heavy atom. The van der Waals surface area contributed by atoms with Gasteiger partial charge in [0.25, 0.3) is 0 Å². The van der Waals surface area contributed by atoms with E-state index in [2.05, 4.69) is 37.8 Å². The van der Waals surface area contributed by atoms with Gasteiger partial charge in [0.05, 0.1) is 0 Å². The summed E-state index contributed by atoms with van der Waals surface area (Å²) in [5, 5.41) is 11.4. The van der Waals surface area contributed by atoms with Crippen LogP contribution < -0.4 is 10.6 Å². The topological polar surface area (TPSA) is 67.1 Å². The molecule has 23 heavy (non-hydrogen) atoms. The molecule has 1 aromatic carbocycles. The van der Waals surface area contributed by atoms with Gasteiger partial charge in [0.2, 0.25) is 0 Å². The van der Waals surface area contributed by atoms with Gasteiger partial charge in [-0.3, -0.25) is 4.68 Å². The molecule has 2 N–H and O–H groups in total. The van der Waals surface area contributed by atoms with Crippen molar-refractivity contribution in [2.24, 2.45) is 12.0 Å². The van der Waals surface area contributed by atoms with Crippen LogP contribution >= 0.6 is 11.6 Å². The first kappa shape index (κ1) is 17.3.